The molecule has 0 fully saturated rings. The number of rotatable bonds is 7. The Labute approximate surface area is 158 Å². The van der Waals surface area contributed by atoms with Crippen LogP contribution in [0.5, 0.6) is 5.75 Å². The largest absolute Gasteiger partial charge is 0.508 e. The van der Waals surface area contributed by atoms with Crippen LogP contribution in [0.4, 0.5) is 5.69 Å². The summed E-state index contributed by atoms with van der Waals surface area (Å²) in [7, 11) is 0. The Bertz CT molecular complexity index is 970. The highest BCUT2D eigenvalue weighted by Gasteiger charge is 2.11. The molecule has 1 aromatic heterocycles. The van der Waals surface area contributed by atoms with Gasteiger partial charge in [-0.1, -0.05) is 30.3 Å². The van der Waals surface area contributed by atoms with E-state index in [0.29, 0.717) is 22.6 Å². The van der Waals surface area contributed by atoms with Crippen LogP contribution in [0.3, 0.4) is 0 Å². The minimum absolute atomic E-state index is 0.0261. The Morgan fingerprint density at radius 2 is 2.04 bits per heavy atom. The van der Waals surface area contributed by atoms with Crippen LogP contribution in [0, 0.1) is 14.9 Å². The average molecular weight is 388 g/mol. The van der Waals surface area contributed by atoms with Crippen LogP contribution < -0.4 is 0 Å². The first kappa shape index (κ1) is 18.2. The summed E-state index contributed by atoms with van der Waals surface area (Å²) in [5.41, 5.74) is 1.49. The van der Waals surface area contributed by atoms with Gasteiger partial charge in [0.2, 0.25) is 0 Å². The molecule has 7 nitrogen and oxygen atoms in total. The topological polar surface area (TPSA) is 97.0 Å². The lowest BCUT2D eigenvalue weighted by molar-refractivity contribution is -0.384. The number of phenols is 1. The SMILES string of the molecule is O=[N+]([O-])c1ccc(O)c(CSCCn2c(-c3ccccc3)n[nH]c2=S)c1. The van der Waals surface area contributed by atoms with Gasteiger partial charge in [0.15, 0.2) is 10.6 Å². The molecule has 0 bridgehead atoms. The smallest absolute Gasteiger partial charge is 0.270 e. The van der Waals surface area contributed by atoms with Gasteiger partial charge in [-0.15, -0.1) is 0 Å². The molecule has 26 heavy (non-hydrogen) atoms. The molecule has 134 valence electrons. The fraction of sp³-hybridized carbons (Fsp3) is 0.176. The summed E-state index contributed by atoms with van der Waals surface area (Å²) >= 11 is 6.86. The second-order valence-electron chi connectivity index (χ2n) is 5.49. The van der Waals surface area contributed by atoms with E-state index in [-0.39, 0.29) is 11.4 Å². The monoisotopic (exact) mass is 388 g/mol. The first-order chi connectivity index (χ1) is 12.6. The molecule has 9 heteroatoms. The molecular formula is C17H16N4O3S2. The third-order valence-corrected chi connectivity index (χ3v) is 5.08. The molecule has 1 heterocycles. The van der Waals surface area contributed by atoms with Crippen LogP contribution in [-0.4, -0.2) is 30.5 Å². The number of benzene rings is 2. The predicted molar refractivity (Wildman–Crippen MR) is 104 cm³/mol. The van der Waals surface area contributed by atoms with Crippen LogP contribution in [0.1, 0.15) is 5.56 Å². The molecule has 0 aliphatic rings. The Morgan fingerprint density at radius 1 is 1.27 bits per heavy atom. The van der Waals surface area contributed by atoms with Crippen LogP contribution >= 0.6 is 24.0 Å². The van der Waals surface area contributed by atoms with Gasteiger partial charge in [-0.3, -0.25) is 19.8 Å². The second kappa shape index (κ2) is 8.15. The maximum Gasteiger partial charge on any atom is 0.270 e. The fourth-order valence-electron chi connectivity index (χ4n) is 2.47. The molecular weight excluding hydrogens is 372 g/mol. The van der Waals surface area contributed by atoms with E-state index in [1.54, 1.807) is 11.8 Å². The van der Waals surface area contributed by atoms with E-state index in [0.717, 1.165) is 17.1 Å². The Morgan fingerprint density at radius 3 is 2.77 bits per heavy atom. The highest BCUT2D eigenvalue weighted by atomic mass is 32.2. The molecule has 3 aromatic rings. The van der Waals surface area contributed by atoms with Crippen molar-refractivity contribution in [3.8, 4) is 17.1 Å². The number of nitrogens with one attached hydrogen (secondary N) is 1. The number of nitro benzene ring substituents is 1. The molecule has 3 rings (SSSR count). The Kier molecular flexibility index (Phi) is 5.69. The highest BCUT2D eigenvalue weighted by molar-refractivity contribution is 7.98. The third kappa shape index (κ3) is 4.12. The number of aromatic amines is 1. The van der Waals surface area contributed by atoms with Crippen LogP contribution in [-0.2, 0) is 12.3 Å². The van der Waals surface area contributed by atoms with E-state index >= 15 is 0 Å². The zero-order valence-corrected chi connectivity index (χ0v) is 15.3. The standard InChI is InChI=1S/C17H16N4O3S2/c22-15-7-6-14(21(23)24)10-13(15)11-26-9-8-20-16(18-19-17(20)25)12-4-2-1-3-5-12/h1-7,10,22H,8-9,11H2,(H,19,25). The normalized spacial score (nSPS) is 10.8. The lowest BCUT2D eigenvalue weighted by atomic mass is 10.2. The van der Waals surface area contributed by atoms with E-state index in [4.69, 9.17) is 12.2 Å². The summed E-state index contributed by atoms with van der Waals surface area (Å²) < 4.78 is 2.47. The summed E-state index contributed by atoms with van der Waals surface area (Å²) in [5.74, 6) is 2.03. The van der Waals surface area contributed by atoms with Gasteiger partial charge in [0.1, 0.15) is 5.75 Å². The van der Waals surface area contributed by atoms with Gasteiger partial charge in [-0.05, 0) is 18.3 Å². The Hall–Kier alpha value is -2.65. The van der Waals surface area contributed by atoms with Gasteiger partial charge in [0, 0.05) is 41.3 Å². The van der Waals surface area contributed by atoms with E-state index in [2.05, 4.69) is 10.2 Å². The zero-order valence-electron chi connectivity index (χ0n) is 13.7. The fourth-order valence-corrected chi connectivity index (χ4v) is 3.60. The van der Waals surface area contributed by atoms with Crippen molar-refractivity contribution in [2.24, 2.45) is 0 Å². The van der Waals surface area contributed by atoms with Crippen LogP contribution in [0.2, 0.25) is 0 Å². The van der Waals surface area contributed by atoms with Crippen molar-refractivity contribution < 1.29 is 10.0 Å². The van der Waals surface area contributed by atoms with Crippen molar-refractivity contribution in [3.05, 3.63) is 69.0 Å². The summed E-state index contributed by atoms with van der Waals surface area (Å²) in [4.78, 5) is 10.4. The molecule has 0 atom stereocenters. The average Bonchev–Trinajstić information content (AvgIpc) is 3.01. The maximum absolute atomic E-state index is 10.9. The minimum Gasteiger partial charge on any atom is -0.508 e. The summed E-state index contributed by atoms with van der Waals surface area (Å²) in [5, 5.41) is 27.8. The van der Waals surface area contributed by atoms with Gasteiger partial charge >= 0.3 is 0 Å². The van der Waals surface area contributed by atoms with Gasteiger partial charge in [0.05, 0.1) is 4.92 Å². The first-order valence-electron chi connectivity index (χ1n) is 7.81. The molecule has 0 aliphatic carbocycles. The van der Waals surface area contributed by atoms with Gasteiger partial charge in [0.25, 0.3) is 5.69 Å². The van der Waals surface area contributed by atoms with Crippen molar-refractivity contribution in [2.75, 3.05) is 5.75 Å². The number of aromatic nitrogens is 3. The third-order valence-electron chi connectivity index (χ3n) is 3.78. The lowest BCUT2D eigenvalue weighted by Gasteiger charge is -2.08. The molecule has 2 N–H and O–H groups in total. The number of hydrogen-bond acceptors (Lipinski definition) is 6. The van der Waals surface area contributed by atoms with Gasteiger partial charge in [-0.25, -0.2) is 0 Å². The molecule has 0 saturated carbocycles. The van der Waals surface area contributed by atoms with Gasteiger partial charge in [-0.2, -0.15) is 16.9 Å². The van der Waals surface area contributed by atoms with Crippen LogP contribution in [0.25, 0.3) is 11.4 Å². The van der Waals surface area contributed by atoms with Crippen molar-refractivity contribution in [2.45, 2.75) is 12.3 Å². The van der Waals surface area contributed by atoms with E-state index in [9.17, 15) is 15.2 Å². The van der Waals surface area contributed by atoms with Crippen LogP contribution in [0.15, 0.2) is 48.5 Å². The summed E-state index contributed by atoms with van der Waals surface area (Å²) in [6.07, 6.45) is 0. The number of phenolic OH excluding ortho intramolecular Hbond substituents is 1. The van der Waals surface area contributed by atoms with Crippen molar-refractivity contribution in [1.82, 2.24) is 14.8 Å². The van der Waals surface area contributed by atoms with E-state index < -0.39 is 4.92 Å². The number of thioether (sulfide) groups is 1. The molecule has 0 saturated heterocycles. The number of nitro groups is 1. The molecule has 0 unspecified atom stereocenters. The first-order valence-corrected chi connectivity index (χ1v) is 9.37. The molecule has 2 aromatic carbocycles. The number of H-pyrrole nitrogens is 1. The number of non-ortho nitro benzene ring substituents is 1. The van der Waals surface area contributed by atoms with E-state index in [1.165, 1.54) is 18.2 Å². The maximum atomic E-state index is 10.9. The van der Waals surface area contributed by atoms with Gasteiger partial charge < -0.3 is 5.11 Å². The minimum atomic E-state index is -0.468. The second-order valence-corrected chi connectivity index (χ2v) is 6.98. The predicted octanol–water partition coefficient (Wildman–Crippen LogP) is 4.15. The van der Waals surface area contributed by atoms with E-state index in [1.807, 2.05) is 34.9 Å². The molecule has 0 aliphatic heterocycles. The molecule has 0 radical (unpaired) electrons. The molecule has 0 amide bonds. The molecule has 0 spiro atoms. The van der Waals surface area contributed by atoms with Crippen molar-refractivity contribution in [3.63, 3.8) is 0 Å². The zero-order chi connectivity index (χ0) is 18.5. The highest BCUT2D eigenvalue weighted by Crippen LogP contribution is 2.27. The van der Waals surface area contributed by atoms with Crippen molar-refractivity contribution in [1.29, 1.82) is 0 Å². The lowest BCUT2D eigenvalue weighted by Crippen LogP contribution is -2.03. The summed E-state index contributed by atoms with van der Waals surface area (Å²) in [6, 6.07) is 13.8. The quantitative estimate of drug-likeness (QED) is 0.273. The summed E-state index contributed by atoms with van der Waals surface area (Å²) in [6.45, 7) is 0.639. The number of nitrogens with zero attached hydrogens (tertiary/aromatic N) is 3. The number of hydrogen-bond donors (Lipinski definition) is 2. The van der Waals surface area contributed by atoms with Crippen molar-refractivity contribution >= 4 is 29.7 Å². The Balaban J connectivity index is 1.65. The number of aromatic hydroxyl groups is 1.